The number of aliphatic hydroxyl groups is 2. The second-order valence-electron chi connectivity index (χ2n) is 4.98. The molecule has 1 fully saturated rings. The quantitative estimate of drug-likeness (QED) is 0.443. The maximum atomic E-state index is 11.9. The molecule has 9 nitrogen and oxygen atoms in total. The Hall–Kier alpha value is -1.81. The molecular weight excluding hydrogens is 282 g/mol. The highest BCUT2D eigenvalue weighted by Gasteiger charge is 2.55. The monoisotopic (exact) mass is 299 g/mol. The maximum Gasteiger partial charge on any atom is 0.330 e. The fourth-order valence-corrected chi connectivity index (χ4v) is 2.40. The molecule has 4 atom stereocenters. The lowest BCUT2D eigenvalue weighted by atomic mass is 9.96. The summed E-state index contributed by atoms with van der Waals surface area (Å²) in [5.74, 6) is 0. The standard InChI is InChI=1S/C12H17N3O6/c1-6-3-15(11(20)14-9(6)19)10-7(13-2)8(18)12(4-16,5-17)21-10/h3-4,7-8,10,13,17-18H,5H2,1-2H3,(H,14,19,20)/t7-,8?,10+,12+/m0/s1. The third-order valence-corrected chi connectivity index (χ3v) is 3.69. The first-order chi connectivity index (χ1) is 9.90. The second-order valence-corrected chi connectivity index (χ2v) is 4.98. The minimum absolute atomic E-state index is 0.273. The van der Waals surface area contributed by atoms with E-state index in [1.54, 1.807) is 0 Å². The Morgan fingerprint density at radius 2 is 2.24 bits per heavy atom. The number of nitrogens with one attached hydrogen (secondary N) is 2. The number of aromatic amines is 1. The molecule has 0 aromatic carbocycles. The molecule has 0 amide bonds. The molecule has 0 saturated carbocycles. The van der Waals surface area contributed by atoms with Crippen LogP contribution in [0.4, 0.5) is 0 Å². The van der Waals surface area contributed by atoms with Gasteiger partial charge in [0.05, 0.1) is 12.6 Å². The molecule has 0 bridgehead atoms. The van der Waals surface area contributed by atoms with E-state index in [0.717, 1.165) is 4.57 Å². The lowest BCUT2D eigenvalue weighted by molar-refractivity contribution is -0.151. The predicted molar refractivity (Wildman–Crippen MR) is 70.9 cm³/mol. The molecule has 1 aromatic heterocycles. The van der Waals surface area contributed by atoms with Gasteiger partial charge in [-0.25, -0.2) is 4.79 Å². The van der Waals surface area contributed by atoms with Gasteiger partial charge >= 0.3 is 5.69 Å². The summed E-state index contributed by atoms with van der Waals surface area (Å²) in [7, 11) is 1.52. The van der Waals surface area contributed by atoms with Gasteiger partial charge in [0.2, 0.25) is 0 Å². The maximum absolute atomic E-state index is 11.9. The second kappa shape index (κ2) is 5.53. The van der Waals surface area contributed by atoms with Crippen LogP contribution >= 0.6 is 0 Å². The summed E-state index contributed by atoms with van der Waals surface area (Å²) in [4.78, 5) is 36.6. The Labute approximate surface area is 119 Å². The number of carbonyl (C=O) groups excluding carboxylic acids is 1. The largest absolute Gasteiger partial charge is 0.393 e. The molecule has 0 spiro atoms. The van der Waals surface area contributed by atoms with Gasteiger partial charge in [-0.15, -0.1) is 0 Å². The molecule has 116 valence electrons. The number of H-pyrrole nitrogens is 1. The van der Waals surface area contributed by atoms with Crippen molar-refractivity contribution >= 4 is 6.29 Å². The van der Waals surface area contributed by atoms with Gasteiger partial charge in [0.25, 0.3) is 5.56 Å². The van der Waals surface area contributed by atoms with Gasteiger partial charge in [0, 0.05) is 11.8 Å². The lowest BCUT2D eigenvalue weighted by Crippen LogP contribution is -2.51. The average Bonchev–Trinajstić information content (AvgIpc) is 2.75. The van der Waals surface area contributed by atoms with Crippen molar-refractivity contribution < 1.29 is 19.7 Å². The van der Waals surface area contributed by atoms with E-state index >= 15 is 0 Å². The first-order valence-electron chi connectivity index (χ1n) is 6.32. The number of hydrogen-bond acceptors (Lipinski definition) is 7. The molecule has 1 aromatic rings. The minimum atomic E-state index is -1.82. The number of nitrogens with zero attached hydrogens (tertiary/aromatic N) is 1. The van der Waals surface area contributed by atoms with E-state index < -0.39 is 41.8 Å². The summed E-state index contributed by atoms with van der Waals surface area (Å²) in [6.07, 6.45) is -0.813. The number of aromatic nitrogens is 2. The highest BCUT2D eigenvalue weighted by Crippen LogP contribution is 2.34. The number of ether oxygens (including phenoxy) is 1. The molecule has 4 N–H and O–H groups in total. The van der Waals surface area contributed by atoms with Crippen LogP contribution in [0.15, 0.2) is 15.8 Å². The van der Waals surface area contributed by atoms with Crippen molar-refractivity contribution in [2.24, 2.45) is 0 Å². The Kier molecular flexibility index (Phi) is 4.10. The number of aliphatic hydroxyl groups excluding tert-OH is 2. The molecule has 21 heavy (non-hydrogen) atoms. The zero-order valence-electron chi connectivity index (χ0n) is 11.6. The molecule has 1 saturated heterocycles. The molecular formula is C12H17N3O6. The zero-order chi connectivity index (χ0) is 15.8. The van der Waals surface area contributed by atoms with Crippen molar-refractivity contribution in [2.45, 2.75) is 30.9 Å². The summed E-state index contributed by atoms with van der Waals surface area (Å²) >= 11 is 0. The topological polar surface area (TPSA) is 134 Å². The fourth-order valence-electron chi connectivity index (χ4n) is 2.40. The number of aldehydes is 1. The van der Waals surface area contributed by atoms with E-state index in [1.807, 2.05) is 0 Å². The molecule has 0 radical (unpaired) electrons. The normalized spacial score (nSPS) is 32.3. The van der Waals surface area contributed by atoms with Crippen molar-refractivity contribution in [1.29, 1.82) is 0 Å². The van der Waals surface area contributed by atoms with Crippen molar-refractivity contribution in [3.05, 3.63) is 32.6 Å². The van der Waals surface area contributed by atoms with E-state index in [0.29, 0.717) is 6.29 Å². The molecule has 1 unspecified atom stereocenters. The SMILES string of the molecule is CN[C@H]1C(O)[C@@](C=O)(CO)O[C@H]1n1cc(C)c(=O)[nH]c1=O. The van der Waals surface area contributed by atoms with Gasteiger partial charge in [-0.3, -0.25) is 19.1 Å². The third kappa shape index (κ3) is 2.33. The summed E-state index contributed by atoms with van der Waals surface area (Å²) in [5.41, 5.74) is -2.81. The number of likely N-dealkylation sites (N-methyl/N-ethyl adjacent to an activating group) is 1. The van der Waals surface area contributed by atoms with Gasteiger partial charge in [-0.05, 0) is 14.0 Å². The average molecular weight is 299 g/mol. The van der Waals surface area contributed by atoms with E-state index in [9.17, 15) is 24.6 Å². The van der Waals surface area contributed by atoms with Crippen LogP contribution in [-0.4, -0.2) is 57.5 Å². The Balaban J connectivity index is 2.54. The van der Waals surface area contributed by atoms with Crippen molar-refractivity contribution in [2.75, 3.05) is 13.7 Å². The predicted octanol–water partition coefficient (Wildman–Crippen LogP) is -2.75. The molecule has 2 heterocycles. The van der Waals surface area contributed by atoms with E-state index in [2.05, 4.69) is 10.3 Å². The fraction of sp³-hybridized carbons (Fsp3) is 0.583. The van der Waals surface area contributed by atoms with Crippen molar-refractivity contribution in [3.8, 4) is 0 Å². The zero-order valence-corrected chi connectivity index (χ0v) is 11.6. The molecule has 0 aliphatic carbocycles. The highest BCUT2D eigenvalue weighted by atomic mass is 16.6. The Bertz CT molecular complexity index is 653. The van der Waals surface area contributed by atoms with Gasteiger partial charge < -0.3 is 20.3 Å². The number of hydrogen-bond donors (Lipinski definition) is 4. The Morgan fingerprint density at radius 1 is 1.57 bits per heavy atom. The van der Waals surface area contributed by atoms with E-state index in [4.69, 9.17) is 4.74 Å². The number of aryl methyl sites for hydroxylation is 1. The lowest BCUT2D eigenvalue weighted by Gasteiger charge is -2.23. The summed E-state index contributed by atoms with van der Waals surface area (Å²) in [5, 5.41) is 22.3. The van der Waals surface area contributed by atoms with Gasteiger partial charge in [0.15, 0.2) is 18.1 Å². The summed E-state index contributed by atoms with van der Waals surface area (Å²) in [6, 6.07) is -0.814. The summed E-state index contributed by atoms with van der Waals surface area (Å²) in [6.45, 7) is 0.775. The molecule has 9 heteroatoms. The molecule has 1 aliphatic rings. The smallest absolute Gasteiger partial charge is 0.330 e. The van der Waals surface area contributed by atoms with E-state index in [-0.39, 0.29) is 5.56 Å². The number of rotatable bonds is 4. The van der Waals surface area contributed by atoms with Crippen molar-refractivity contribution in [1.82, 2.24) is 14.9 Å². The van der Waals surface area contributed by atoms with Crippen molar-refractivity contribution in [3.63, 3.8) is 0 Å². The number of carbonyl (C=O) groups is 1. The third-order valence-electron chi connectivity index (χ3n) is 3.69. The van der Waals surface area contributed by atoms with Crippen LogP contribution < -0.4 is 16.6 Å². The first kappa shape index (κ1) is 15.6. The van der Waals surface area contributed by atoms with Crippen LogP contribution in [-0.2, 0) is 9.53 Å². The van der Waals surface area contributed by atoms with E-state index in [1.165, 1.54) is 20.2 Å². The highest BCUT2D eigenvalue weighted by molar-refractivity contribution is 5.65. The molecule has 2 rings (SSSR count). The first-order valence-corrected chi connectivity index (χ1v) is 6.32. The van der Waals surface area contributed by atoms with Crippen LogP contribution in [0.3, 0.4) is 0 Å². The van der Waals surface area contributed by atoms with Crippen LogP contribution in [0.1, 0.15) is 11.8 Å². The van der Waals surface area contributed by atoms with Gasteiger partial charge in [0.1, 0.15) is 6.10 Å². The Morgan fingerprint density at radius 3 is 2.76 bits per heavy atom. The van der Waals surface area contributed by atoms with Crippen LogP contribution in [0.2, 0.25) is 0 Å². The summed E-state index contributed by atoms with van der Waals surface area (Å²) < 4.78 is 6.51. The molecule has 1 aliphatic heterocycles. The van der Waals surface area contributed by atoms with Gasteiger partial charge in [-0.1, -0.05) is 0 Å². The van der Waals surface area contributed by atoms with Crippen LogP contribution in [0.25, 0.3) is 0 Å². The van der Waals surface area contributed by atoms with Crippen LogP contribution in [0.5, 0.6) is 0 Å². The van der Waals surface area contributed by atoms with Crippen LogP contribution in [0, 0.1) is 6.92 Å². The van der Waals surface area contributed by atoms with Gasteiger partial charge in [-0.2, -0.15) is 0 Å². The minimum Gasteiger partial charge on any atom is -0.393 e.